The van der Waals surface area contributed by atoms with Gasteiger partial charge in [-0.15, -0.1) is 0 Å². The molecule has 7 rings (SSSR count). The second kappa shape index (κ2) is 7.40. The van der Waals surface area contributed by atoms with Crippen LogP contribution in [0.3, 0.4) is 0 Å². The molecule has 2 aromatic rings. The van der Waals surface area contributed by atoms with Crippen molar-refractivity contribution >= 4 is 5.91 Å². The lowest BCUT2D eigenvalue weighted by atomic mass is 9.46. The lowest BCUT2D eigenvalue weighted by molar-refractivity contribution is -0.147. The number of hydrogen-bond acceptors (Lipinski definition) is 5. The van der Waals surface area contributed by atoms with Gasteiger partial charge < -0.3 is 4.90 Å². The van der Waals surface area contributed by atoms with Crippen molar-refractivity contribution in [2.45, 2.75) is 57.0 Å². The summed E-state index contributed by atoms with van der Waals surface area (Å²) in [5, 5.41) is 4.55. The van der Waals surface area contributed by atoms with Crippen LogP contribution in [-0.2, 0) is 16.9 Å². The van der Waals surface area contributed by atoms with Gasteiger partial charge in [-0.3, -0.25) is 14.7 Å². The van der Waals surface area contributed by atoms with Gasteiger partial charge in [0.05, 0.1) is 11.2 Å². The highest BCUT2D eigenvalue weighted by Gasteiger charge is 2.59. The Morgan fingerprint density at radius 3 is 2.55 bits per heavy atom. The summed E-state index contributed by atoms with van der Waals surface area (Å²) in [7, 11) is 0. The smallest absolute Gasteiger partial charge is 0.223 e. The summed E-state index contributed by atoms with van der Waals surface area (Å²) >= 11 is 0. The van der Waals surface area contributed by atoms with Crippen LogP contribution in [-0.4, -0.2) is 61.6 Å². The molecule has 5 aliphatic rings. The number of pyridine rings is 1. The van der Waals surface area contributed by atoms with Crippen LogP contribution < -0.4 is 0 Å². The SMILES string of the molecule is O=C(CC12C[C@@H]3C[C@@H](C1)CC(n1cncn1)(C3)C2)N1CCN(Cc2ccccn2)CC1. The van der Waals surface area contributed by atoms with E-state index in [-0.39, 0.29) is 11.0 Å². The van der Waals surface area contributed by atoms with Crippen molar-refractivity contribution in [1.82, 2.24) is 29.5 Å². The Bertz CT molecular complexity index is 907. The van der Waals surface area contributed by atoms with E-state index >= 15 is 0 Å². The molecule has 1 amide bonds. The van der Waals surface area contributed by atoms with E-state index in [0.717, 1.165) is 63.1 Å². The van der Waals surface area contributed by atoms with Crippen molar-refractivity contribution < 1.29 is 4.79 Å². The van der Waals surface area contributed by atoms with Gasteiger partial charge in [0.15, 0.2) is 0 Å². The summed E-state index contributed by atoms with van der Waals surface area (Å²) in [6.45, 7) is 4.41. The summed E-state index contributed by atoms with van der Waals surface area (Å²) in [5.74, 6) is 1.86. The van der Waals surface area contributed by atoms with E-state index in [2.05, 4.69) is 35.6 Å². The molecule has 4 aliphatic carbocycles. The zero-order chi connectivity index (χ0) is 20.9. The molecule has 2 atom stereocenters. The quantitative estimate of drug-likeness (QED) is 0.744. The summed E-state index contributed by atoms with van der Waals surface area (Å²) in [5.41, 5.74) is 1.37. The number of piperazine rings is 1. The summed E-state index contributed by atoms with van der Waals surface area (Å²) < 4.78 is 2.14. The minimum Gasteiger partial charge on any atom is -0.340 e. The van der Waals surface area contributed by atoms with Gasteiger partial charge >= 0.3 is 0 Å². The standard InChI is InChI=1S/C24H32N6O/c31-22(29-7-5-28(6-8-29)15-21-3-1-2-4-26-21)14-23-10-19-9-20(11-23)13-24(12-19,16-23)30-18-25-17-27-30/h1-4,17-20H,5-16H2/t19-,20-,23?,24?/m0/s1. The largest absolute Gasteiger partial charge is 0.340 e. The highest BCUT2D eigenvalue weighted by Crippen LogP contribution is 2.65. The molecule has 4 bridgehead atoms. The molecule has 7 nitrogen and oxygen atoms in total. The van der Waals surface area contributed by atoms with Gasteiger partial charge in [0.1, 0.15) is 12.7 Å². The number of carbonyl (C=O) groups is 1. The van der Waals surface area contributed by atoms with Gasteiger partial charge in [0, 0.05) is 45.3 Å². The molecule has 2 aromatic heterocycles. The van der Waals surface area contributed by atoms with Crippen LogP contribution in [0, 0.1) is 17.3 Å². The molecule has 5 fully saturated rings. The normalized spacial score (nSPS) is 34.9. The fourth-order valence-corrected chi connectivity index (χ4v) is 7.64. The molecule has 31 heavy (non-hydrogen) atoms. The summed E-state index contributed by atoms with van der Waals surface area (Å²) in [4.78, 5) is 26.6. The molecule has 4 saturated carbocycles. The first-order chi connectivity index (χ1) is 15.1. The molecule has 3 heterocycles. The van der Waals surface area contributed by atoms with Crippen LogP contribution >= 0.6 is 0 Å². The molecule has 7 heteroatoms. The van der Waals surface area contributed by atoms with Crippen molar-refractivity contribution in [3.8, 4) is 0 Å². The number of hydrogen-bond donors (Lipinski definition) is 0. The molecule has 164 valence electrons. The molecular weight excluding hydrogens is 388 g/mol. The van der Waals surface area contributed by atoms with Crippen LogP contribution in [0.4, 0.5) is 0 Å². The van der Waals surface area contributed by atoms with Crippen molar-refractivity contribution in [3.63, 3.8) is 0 Å². The molecule has 1 aliphatic heterocycles. The first kappa shape index (κ1) is 19.4. The maximum atomic E-state index is 13.4. The minimum absolute atomic E-state index is 0.0994. The average molecular weight is 421 g/mol. The van der Waals surface area contributed by atoms with Gasteiger partial charge in [-0.2, -0.15) is 5.10 Å². The Hall–Kier alpha value is -2.28. The third kappa shape index (κ3) is 3.56. The first-order valence-corrected chi connectivity index (χ1v) is 11.9. The van der Waals surface area contributed by atoms with Crippen LogP contribution in [0.2, 0.25) is 0 Å². The number of aromatic nitrogens is 4. The van der Waals surface area contributed by atoms with E-state index in [1.807, 2.05) is 24.7 Å². The van der Waals surface area contributed by atoms with Crippen LogP contribution in [0.5, 0.6) is 0 Å². The highest BCUT2D eigenvalue weighted by atomic mass is 16.2. The van der Waals surface area contributed by atoms with E-state index in [4.69, 9.17) is 0 Å². The Labute approximate surface area is 183 Å². The van der Waals surface area contributed by atoms with E-state index < -0.39 is 0 Å². The Morgan fingerprint density at radius 2 is 1.87 bits per heavy atom. The van der Waals surface area contributed by atoms with Gasteiger partial charge in [-0.05, 0) is 67.9 Å². The number of amides is 1. The Morgan fingerprint density at radius 1 is 1.06 bits per heavy atom. The molecule has 0 radical (unpaired) electrons. The lowest BCUT2D eigenvalue weighted by Crippen LogP contribution is -2.58. The van der Waals surface area contributed by atoms with E-state index in [1.54, 1.807) is 6.33 Å². The number of carbonyl (C=O) groups excluding carboxylic acids is 1. The fraction of sp³-hybridized carbons (Fsp3) is 0.667. The zero-order valence-corrected chi connectivity index (χ0v) is 18.2. The first-order valence-electron chi connectivity index (χ1n) is 11.9. The van der Waals surface area contributed by atoms with Crippen molar-refractivity contribution in [2.75, 3.05) is 26.2 Å². The summed E-state index contributed by atoms with van der Waals surface area (Å²) in [6, 6.07) is 6.08. The van der Waals surface area contributed by atoms with Gasteiger partial charge in [0.2, 0.25) is 5.91 Å². The third-order valence-corrected chi connectivity index (χ3v) is 8.42. The summed E-state index contributed by atoms with van der Waals surface area (Å²) in [6.07, 6.45) is 13.5. The maximum Gasteiger partial charge on any atom is 0.223 e. The Kier molecular flexibility index (Phi) is 4.63. The van der Waals surface area contributed by atoms with Crippen LogP contribution in [0.15, 0.2) is 37.1 Å². The number of nitrogens with zero attached hydrogens (tertiary/aromatic N) is 6. The Balaban J connectivity index is 1.11. The average Bonchev–Trinajstić information content (AvgIpc) is 3.30. The molecule has 0 aromatic carbocycles. The molecule has 1 saturated heterocycles. The maximum absolute atomic E-state index is 13.4. The van der Waals surface area contributed by atoms with E-state index in [1.165, 1.54) is 32.1 Å². The van der Waals surface area contributed by atoms with Gasteiger partial charge in [0.25, 0.3) is 0 Å². The highest BCUT2D eigenvalue weighted by molar-refractivity contribution is 5.77. The third-order valence-electron chi connectivity index (χ3n) is 8.42. The molecule has 0 N–H and O–H groups in total. The molecule has 0 unspecified atom stereocenters. The van der Waals surface area contributed by atoms with E-state index in [0.29, 0.717) is 5.91 Å². The second-order valence-electron chi connectivity index (χ2n) is 10.7. The fourth-order valence-electron chi connectivity index (χ4n) is 7.64. The van der Waals surface area contributed by atoms with Gasteiger partial charge in [-0.1, -0.05) is 6.07 Å². The second-order valence-corrected chi connectivity index (χ2v) is 10.7. The predicted octanol–water partition coefficient (Wildman–Crippen LogP) is 2.70. The minimum atomic E-state index is 0.0994. The molecular formula is C24H32N6O. The lowest BCUT2D eigenvalue weighted by Gasteiger charge is -2.62. The monoisotopic (exact) mass is 420 g/mol. The molecule has 0 spiro atoms. The number of rotatable bonds is 5. The van der Waals surface area contributed by atoms with Crippen LogP contribution in [0.1, 0.15) is 50.6 Å². The van der Waals surface area contributed by atoms with Gasteiger partial charge in [-0.25, -0.2) is 9.67 Å². The van der Waals surface area contributed by atoms with Crippen molar-refractivity contribution in [1.29, 1.82) is 0 Å². The van der Waals surface area contributed by atoms with Crippen molar-refractivity contribution in [3.05, 3.63) is 42.7 Å². The van der Waals surface area contributed by atoms with Crippen molar-refractivity contribution in [2.24, 2.45) is 17.3 Å². The predicted molar refractivity (Wildman–Crippen MR) is 116 cm³/mol. The topological polar surface area (TPSA) is 67.2 Å². The van der Waals surface area contributed by atoms with E-state index in [9.17, 15) is 4.79 Å². The van der Waals surface area contributed by atoms with Crippen LogP contribution in [0.25, 0.3) is 0 Å². The zero-order valence-electron chi connectivity index (χ0n) is 18.2.